The second-order valence-corrected chi connectivity index (χ2v) is 2.94. The van der Waals surface area contributed by atoms with E-state index in [0.717, 1.165) is 0 Å². The topological polar surface area (TPSA) is 67.5 Å². The van der Waals surface area contributed by atoms with Crippen molar-refractivity contribution in [3.05, 3.63) is 40.2 Å². The molecule has 7 heteroatoms. The zero-order chi connectivity index (χ0) is 10.6. The van der Waals surface area contributed by atoms with Gasteiger partial charge in [-0.25, -0.2) is 4.39 Å². The van der Waals surface area contributed by atoms with Gasteiger partial charge in [0, 0.05) is 0 Å². The molecule has 0 amide bonds. The lowest BCUT2D eigenvalue weighted by Crippen LogP contribution is -2.06. The average Bonchev–Trinajstić information content (AvgIpc) is 2.16. The molecule has 14 heavy (non-hydrogen) atoms. The monoisotopic (exact) mass is 261 g/mol. The summed E-state index contributed by atoms with van der Waals surface area (Å²) in [7, 11) is 0. The maximum atomic E-state index is 12.9. The highest BCUT2D eigenvalue weighted by molar-refractivity contribution is 9.18. The van der Waals surface area contributed by atoms with Crippen LogP contribution in [0.5, 0.6) is 0 Å². The molecular weight excluding hydrogens is 257 g/mol. The van der Waals surface area contributed by atoms with Gasteiger partial charge in [-0.1, -0.05) is 12.1 Å². The molecule has 0 atom stereocenters. The minimum absolute atomic E-state index is 0.0753. The van der Waals surface area contributed by atoms with Crippen molar-refractivity contribution in [1.82, 2.24) is 0 Å². The number of para-hydroxylation sites is 1. The van der Waals surface area contributed by atoms with E-state index in [1.54, 1.807) is 6.07 Å². The first kappa shape index (κ1) is 10.6. The van der Waals surface area contributed by atoms with Crippen LogP contribution in [0.15, 0.2) is 29.4 Å². The Kier molecular flexibility index (Phi) is 3.52. The molecule has 0 saturated carbocycles. The van der Waals surface area contributed by atoms with Crippen LogP contribution in [0.2, 0.25) is 0 Å². The fourth-order valence-corrected chi connectivity index (χ4v) is 0.788. The summed E-state index contributed by atoms with van der Waals surface area (Å²) >= 11 is 2.59. The summed E-state index contributed by atoms with van der Waals surface area (Å²) < 4.78 is 12.4. The first-order chi connectivity index (χ1) is 6.61. The molecule has 0 fully saturated rings. The fraction of sp³-hybridized carbons (Fsp3) is 0. The summed E-state index contributed by atoms with van der Waals surface area (Å²) in [6, 6.07) is 5.73. The van der Waals surface area contributed by atoms with Crippen molar-refractivity contribution >= 4 is 26.4 Å². The Balaban J connectivity index is 2.76. The number of amidine groups is 1. The molecule has 0 radical (unpaired) electrons. The third kappa shape index (κ3) is 2.77. The molecular formula is C7H5BrFN3O2. The minimum atomic E-state index is -0.742. The van der Waals surface area contributed by atoms with Crippen LogP contribution in [0.3, 0.4) is 0 Å². The highest BCUT2D eigenvalue weighted by Gasteiger charge is 2.07. The van der Waals surface area contributed by atoms with Crippen molar-refractivity contribution in [1.29, 1.82) is 0 Å². The smallest absolute Gasteiger partial charge is 0.357 e. The van der Waals surface area contributed by atoms with Crippen LogP contribution in [0, 0.1) is 15.9 Å². The maximum Gasteiger partial charge on any atom is 0.430 e. The molecule has 1 N–H and O–H groups in total. The van der Waals surface area contributed by atoms with E-state index in [4.69, 9.17) is 0 Å². The second kappa shape index (κ2) is 4.66. The van der Waals surface area contributed by atoms with Gasteiger partial charge in [0.15, 0.2) is 0 Å². The SMILES string of the molecule is O=[N+]([O-])/C(Br)=N/Nc1ccccc1F. The molecule has 1 rings (SSSR count). The zero-order valence-electron chi connectivity index (χ0n) is 6.78. The van der Waals surface area contributed by atoms with Crippen molar-refractivity contribution in [2.24, 2.45) is 5.10 Å². The van der Waals surface area contributed by atoms with E-state index in [9.17, 15) is 14.5 Å². The van der Waals surface area contributed by atoms with Gasteiger partial charge in [-0.2, -0.15) is 5.43 Å². The Labute approximate surface area is 86.9 Å². The molecule has 5 nitrogen and oxygen atoms in total. The number of rotatable bonds is 2. The van der Waals surface area contributed by atoms with Gasteiger partial charge >= 0.3 is 4.74 Å². The summed E-state index contributed by atoms with van der Waals surface area (Å²) in [5, 5.41) is 13.4. The van der Waals surface area contributed by atoms with Gasteiger partial charge in [-0.15, -0.1) is 0 Å². The lowest BCUT2D eigenvalue weighted by molar-refractivity contribution is -0.342. The van der Waals surface area contributed by atoms with Crippen molar-refractivity contribution < 1.29 is 9.31 Å². The lowest BCUT2D eigenvalue weighted by Gasteiger charge is -1.96. The molecule has 0 heterocycles. The standard InChI is InChI=1S/C7H5BrFN3O2/c8-7(12(13)14)11-10-6-4-2-1-3-5(6)9/h1-4,10H/b11-7+. The van der Waals surface area contributed by atoms with E-state index < -0.39 is 15.5 Å². The minimum Gasteiger partial charge on any atom is -0.357 e. The first-order valence-electron chi connectivity index (χ1n) is 3.49. The molecule has 0 bridgehead atoms. The predicted molar refractivity (Wildman–Crippen MR) is 53.4 cm³/mol. The number of hydrogen-bond donors (Lipinski definition) is 1. The summed E-state index contributed by atoms with van der Waals surface area (Å²) in [6.45, 7) is 0. The van der Waals surface area contributed by atoms with E-state index in [1.807, 2.05) is 0 Å². The van der Waals surface area contributed by atoms with Crippen LogP contribution >= 0.6 is 15.9 Å². The number of halogens is 2. The van der Waals surface area contributed by atoms with Gasteiger partial charge in [0.25, 0.3) is 0 Å². The van der Waals surface area contributed by atoms with Gasteiger partial charge in [0.2, 0.25) is 0 Å². The fourth-order valence-electron chi connectivity index (χ4n) is 0.699. The highest BCUT2D eigenvalue weighted by Crippen LogP contribution is 2.12. The molecule has 1 aromatic carbocycles. The number of nitrogens with one attached hydrogen (secondary N) is 1. The van der Waals surface area contributed by atoms with Crippen molar-refractivity contribution in [2.45, 2.75) is 0 Å². The molecule has 0 unspecified atom stereocenters. The number of anilines is 1. The summed E-state index contributed by atoms with van der Waals surface area (Å²) in [6.07, 6.45) is 0. The molecule has 74 valence electrons. The number of nitrogens with zero attached hydrogens (tertiary/aromatic N) is 2. The van der Waals surface area contributed by atoms with Crippen molar-refractivity contribution in [2.75, 3.05) is 5.43 Å². The zero-order valence-corrected chi connectivity index (χ0v) is 8.36. The number of benzene rings is 1. The molecule has 0 aromatic heterocycles. The lowest BCUT2D eigenvalue weighted by atomic mass is 10.3. The Morgan fingerprint density at radius 1 is 1.57 bits per heavy atom. The van der Waals surface area contributed by atoms with Crippen LogP contribution in [0.1, 0.15) is 0 Å². The Bertz CT molecular complexity index is 383. The molecule has 0 saturated heterocycles. The van der Waals surface area contributed by atoms with E-state index in [1.165, 1.54) is 18.2 Å². The van der Waals surface area contributed by atoms with E-state index in [0.29, 0.717) is 0 Å². The Morgan fingerprint density at radius 2 is 2.21 bits per heavy atom. The summed E-state index contributed by atoms with van der Waals surface area (Å²) in [5.74, 6) is -0.528. The average molecular weight is 262 g/mol. The van der Waals surface area contributed by atoms with Crippen LogP contribution in [-0.2, 0) is 0 Å². The summed E-state index contributed by atoms with van der Waals surface area (Å²) in [4.78, 5) is 9.36. The van der Waals surface area contributed by atoms with Gasteiger partial charge in [-0.05, 0) is 17.1 Å². The quantitative estimate of drug-likeness (QED) is 0.292. The summed E-state index contributed by atoms with van der Waals surface area (Å²) in [5.41, 5.74) is 2.29. The van der Waals surface area contributed by atoms with Crippen LogP contribution < -0.4 is 5.43 Å². The van der Waals surface area contributed by atoms with Crippen LogP contribution in [0.25, 0.3) is 0 Å². The third-order valence-electron chi connectivity index (χ3n) is 1.29. The van der Waals surface area contributed by atoms with Gasteiger partial charge in [0.1, 0.15) is 11.5 Å². The molecule has 0 aliphatic rings. The molecule has 1 aromatic rings. The van der Waals surface area contributed by atoms with Crippen molar-refractivity contribution in [3.8, 4) is 0 Å². The van der Waals surface area contributed by atoms with E-state index in [-0.39, 0.29) is 5.69 Å². The second-order valence-electron chi connectivity index (χ2n) is 2.23. The largest absolute Gasteiger partial charge is 0.430 e. The van der Waals surface area contributed by atoms with Crippen LogP contribution in [-0.4, -0.2) is 9.67 Å². The highest BCUT2D eigenvalue weighted by atomic mass is 79.9. The molecule has 0 aliphatic heterocycles. The number of hydrogen-bond acceptors (Lipinski definition) is 4. The Hall–Kier alpha value is -1.50. The van der Waals surface area contributed by atoms with E-state index >= 15 is 0 Å². The van der Waals surface area contributed by atoms with Crippen LogP contribution in [0.4, 0.5) is 10.1 Å². The number of nitro groups is 1. The van der Waals surface area contributed by atoms with Gasteiger partial charge < -0.3 is 10.1 Å². The van der Waals surface area contributed by atoms with Crippen molar-refractivity contribution in [3.63, 3.8) is 0 Å². The van der Waals surface area contributed by atoms with E-state index in [2.05, 4.69) is 26.5 Å². The van der Waals surface area contributed by atoms with Gasteiger partial charge in [-0.3, -0.25) is 0 Å². The number of hydrazone groups is 1. The third-order valence-corrected chi connectivity index (χ3v) is 1.76. The molecule has 0 aliphatic carbocycles. The normalized spacial score (nSPS) is 11.1. The molecule has 0 spiro atoms. The Morgan fingerprint density at radius 3 is 2.79 bits per heavy atom. The predicted octanol–water partition coefficient (Wildman–Crippen LogP) is 2.18. The first-order valence-corrected chi connectivity index (χ1v) is 4.28. The van der Waals surface area contributed by atoms with Gasteiger partial charge in [0.05, 0.1) is 21.0 Å². The maximum absolute atomic E-state index is 12.9.